The summed E-state index contributed by atoms with van der Waals surface area (Å²) in [4.78, 5) is 6.76. The van der Waals surface area contributed by atoms with Crippen molar-refractivity contribution in [3.63, 3.8) is 0 Å². The first kappa shape index (κ1) is 17.1. The van der Waals surface area contributed by atoms with E-state index in [1.807, 2.05) is 25.1 Å². The van der Waals surface area contributed by atoms with Crippen LogP contribution in [0.3, 0.4) is 0 Å². The highest BCUT2D eigenvalue weighted by Crippen LogP contribution is 2.46. The topological polar surface area (TPSA) is 44.8 Å². The van der Waals surface area contributed by atoms with Gasteiger partial charge in [-0.25, -0.2) is 4.98 Å². The fourth-order valence-electron chi connectivity index (χ4n) is 3.34. The molecule has 2 heterocycles. The number of hydrogen-bond acceptors (Lipinski definition) is 4. The van der Waals surface area contributed by atoms with Gasteiger partial charge < -0.3 is 0 Å². The number of thiol groups is 1. The van der Waals surface area contributed by atoms with Gasteiger partial charge in [-0.1, -0.05) is 41.8 Å². The molecule has 1 N–H and O–H groups in total. The molecule has 2 aromatic rings. The van der Waals surface area contributed by atoms with E-state index >= 15 is 0 Å². The van der Waals surface area contributed by atoms with Crippen molar-refractivity contribution in [1.82, 2.24) is 20.1 Å². The van der Waals surface area contributed by atoms with Gasteiger partial charge in [0.1, 0.15) is 12.2 Å². The number of benzene rings is 1. The number of nitrogens with one attached hydrogen (secondary N) is 1. The number of hydrogen-bond donors (Lipinski definition) is 2. The fourth-order valence-corrected chi connectivity index (χ4v) is 4.16. The standard InChI is InChI=1S/C16H20Cl2N4S/c1-16(23,15-19-10-20-21-15)14(22-8-3-2-4-9-22)11-6-5-7-12(17)13(11)18/h5-7,10,14,23H,2-4,8-9H2,1H3,(H,19,20,21). The molecule has 1 fully saturated rings. The largest absolute Gasteiger partial charge is 0.294 e. The van der Waals surface area contributed by atoms with Crippen LogP contribution in [0.5, 0.6) is 0 Å². The Balaban J connectivity index is 2.08. The maximum Gasteiger partial charge on any atom is 0.141 e. The number of nitrogens with zero attached hydrogens (tertiary/aromatic N) is 3. The van der Waals surface area contributed by atoms with E-state index in [2.05, 4.69) is 20.1 Å². The summed E-state index contributed by atoms with van der Waals surface area (Å²) >= 11 is 17.8. The van der Waals surface area contributed by atoms with E-state index < -0.39 is 4.75 Å². The Labute approximate surface area is 152 Å². The van der Waals surface area contributed by atoms with Gasteiger partial charge in [0.05, 0.1) is 20.8 Å². The van der Waals surface area contributed by atoms with Gasteiger partial charge in [0, 0.05) is 0 Å². The molecule has 0 amide bonds. The third-order valence-electron chi connectivity index (χ3n) is 4.46. The molecule has 23 heavy (non-hydrogen) atoms. The Morgan fingerprint density at radius 3 is 2.65 bits per heavy atom. The van der Waals surface area contributed by atoms with Crippen LogP contribution >= 0.6 is 35.8 Å². The fraction of sp³-hybridized carbons (Fsp3) is 0.500. The van der Waals surface area contributed by atoms with Crippen LogP contribution in [0.4, 0.5) is 0 Å². The highest BCUT2D eigenvalue weighted by Gasteiger charge is 2.41. The molecule has 1 aromatic carbocycles. The van der Waals surface area contributed by atoms with E-state index in [-0.39, 0.29) is 6.04 Å². The summed E-state index contributed by atoms with van der Waals surface area (Å²) in [6.07, 6.45) is 5.12. The summed E-state index contributed by atoms with van der Waals surface area (Å²) in [7, 11) is 0. The van der Waals surface area contributed by atoms with Crippen molar-refractivity contribution in [2.75, 3.05) is 13.1 Å². The number of aromatic amines is 1. The van der Waals surface area contributed by atoms with Gasteiger partial charge in [-0.05, 0) is 44.5 Å². The van der Waals surface area contributed by atoms with Crippen LogP contribution in [0.25, 0.3) is 0 Å². The Kier molecular flexibility index (Phi) is 5.21. The van der Waals surface area contributed by atoms with Crippen LogP contribution in [0.1, 0.15) is 43.6 Å². The van der Waals surface area contributed by atoms with Crippen molar-refractivity contribution in [1.29, 1.82) is 0 Å². The van der Waals surface area contributed by atoms with Gasteiger partial charge in [-0.2, -0.15) is 17.7 Å². The van der Waals surface area contributed by atoms with E-state index in [4.69, 9.17) is 35.8 Å². The normalized spacial score (nSPS) is 20.2. The smallest absolute Gasteiger partial charge is 0.141 e. The lowest BCUT2D eigenvalue weighted by Crippen LogP contribution is -2.43. The Morgan fingerprint density at radius 2 is 2.00 bits per heavy atom. The van der Waals surface area contributed by atoms with E-state index in [9.17, 15) is 0 Å². The SMILES string of the molecule is CC(S)(c1ncn[nH]1)C(c1cccc(Cl)c1Cl)N1CCCCC1. The molecule has 0 saturated carbocycles. The minimum absolute atomic E-state index is 0.0368. The molecule has 7 heteroatoms. The minimum Gasteiger partial charge on any atom is -0.294 e. The van der Waals surface area contributed by atoms with Crippen molar-refractivity contribution >= 4 is 35.8 Å². The summed E-state index contributed by atoms with van der Waals surface area (Å²) < 4.78 is -0.567. The van der Waals surface area contributed by atoms with E-state index in [0.29, 0.717) is 10.0 Å². The highest BCUT2D eigenvalue weighted by atomic mass is 35.5. The molecule has 1 aromatic heterocycles. The molecule has 0 bridgehead atoms. The third kappa shape index (κ3) is 3.38. The molecule has 3 rings (SSSR count). The molecule has 2 unspecified atom stereocenters. The number of piperidine rings is 1. The predicted octanol–water partition coefficient (Wildman–Crippen LogP) is 4.48. The summed E-state index contributed by atoms with van der Waals surface area (Å²) in [5, 5.41) is 8.10. The molecular formula is C16H20Cl2N4S. The average Bonchev–Trinajstić information content (AvgIpc) is 3.08. The second-order valence-electron chi connectivity index (χ2n) is 6.12. The van der Waals surface area contributed by atoms with Crippen molar-refractivity contribution in [2.45, 2.75) is 37.0 Å². The van der Waals surface area contributed by atoms with Gasteiger partial charge in [-0.3, -0.25) is 10.00 Å². The van der Waals surface area contributed by atoms with Crippen molar-refractivity contribution in [2.24, 2.45) is 0 Å². The number of aromatic nitrogens is 3. The van der Waals surface area contributed by atoms with Crippen molar-refractivity contribution in [3.8, 4) is 0 Å². The van der Waals surface area contributed by atoms with Crippen LogP contribution in [0.15, 0.2) is 24.5 Å². The molecule has 124 valence electrons. The second kappa shape index (κ2) is 7.01. The van der Waals surface area contributed by atoms with Crippen molar-refractivity contribution in [3.05, 3.63) is 46.0 Å². The minimum atomic E-state index is -0.567. The molecule has 0 spiro atoms. The summed E-state index contributed by atoms with van der Waals surface area (Å²) in [5.74, 6) is 0.729. The zero-order valence-electron chi connectivity index (χ0n) is 13.0. The molecule has 1 aliphatic rings. The van der Waals surface area contributed by atoms with E-state index in [1.54, 1.807) is 0 Å². The van der Waals surface area contributed by atoms with Gasteiger partial charge in [0.2, 0.25) is 0 Å². The van der Waals surface area contributed by atoms with Crippen LogP contribution in [-0.2, 0) is 4.75 Å². The Hall–Kier alpha value is -0.750. The first-order valence-corrected chi connectivity index (χ1v) is 8.98. The lowest BCUT2D eigenvalue weighted by Gasteiger charge is -2.42. The molecule has 0 radical (unpaired) electrons. The van der Waals surface area contributed by atoms with Crippen LogP contribution in [0, 0.1) is 0 Å². The Morgan fingerprint density at radius 1 is 1.26 bits per heavy atom. The number of H-pyrrole nitrogens is 1. The molecule has 4 nitrogen and oxygen atoms in total. The summed E-state index contributed by atoms with van der Waals surface area (Å²) in [6, 6.07) is 5.74. The van der Waals surface area contributed by atoms with Gasteiger partial charge in [-0.15, -0.1) is 0 Å². The average molecular weight is 371 g/mol. The van der Waals surface area contributed by atoms with Crippen LogP contribution in [-0.4, -0.2) is 33.2 Å². The van der Waals surface area contributed by atoms with Crippen LogP contribution < -0.4 is 0 Å². The molecule has 1 saturated heterocycles. The summed E-state index contributed by atoms with van der Waals surface area (Å²) in [6.45, 7) is 4.07. The van der Waals surface area contributed by atoms with Gasteiger partial charge in [0.15, 0.2) is 0 Å². The van der Waals surface area contributed by atoms with Gasteiger partial charge >= 0.3 is 0 Å². The first-order chi connectivity index (χ1) is 11.0. The monoisotopic (exact) mass is 370 g/mol. The zero-order chi connectivity index (χ0) is 16.4. The zero-order valence-corrected chi connectivity index (χ0v) is 15.4. The van der Waals surface area contributed by atoms with E-state index in [0.717, 1.165) is 24.5 Å². The number of rotatable bonds is 4. The maximum absolute atomic E-state index is 6.54. The highest BCUT2D eigenvalue weighted by molar-refractivity contribution is 7.81. The van der Waals surface area contributed by atoms with E-state index in [1.165, 1.54) is 25.6 Å². The lowest BCUT2D eigenvalue weighted by molar-refractivity contribution is 0.133. The molecule has 1 aliphatic heterocycles. The molecular weight excluding hydrogens is 351 g/mol. The maximum atomic E-state index is 6.54. The third-order valence-corrected chi connectivity index (χ3v) is 5.75. The number of halogens is 2. The molecule has 0 aliphatic carbocycles. The Bertz CT molecular complexity index is 654. The van der Waals surface area contributed by atoms with Gasteiger partial charge in [0.25, 0.3) is 0 Å². The number of likely N-dealkylation sites (tertiary alicyclic amines) is 1. The second-order valence-corrected chi connectivity index (χ2v) is 7.84. The summed E-state index contributed by atoms with van der Waals surface area (Å²) in [5.41, 5.74) is 0.981. The van der Waals surface area contributed by atoms with Crippen molar-refractivity contribution < 1.29 is 0 Å². The predicted molar refractivity (Wildman–Crippen MR) is 97.3 cm³/mol. The molecule has 2 atom stereocenters. The quantitative estimate of drug-likeness (QED) is 0.779. The first-order valence-electron chi connectivity index (χ1n) is 7.78. The van der Waals surface area contributed by atoms with Crippen LogP contribution in [0.2, 0.25) is 10.0 Å². The lowest BCUT2D eigenvalue weighted by atomic mass is 9.89.